The second-order valence-corrected chi connectivity index (χ2v) is 12.3. The van der Waals surface area contributed by atoms with E-state index in [2.05, 4.69) is 32.4 Å². The highest BCUT2D eigenvalue weighted by molar-refractivity contribution is 6.20. The molecule has 2 atom stereocenters. The smallest absolute Gasteiger partial charge is 0.234 e. The standard InChI is InChI=1S/C33H30N8O/c1-20-16-34-30(35-17-20)41-18-28(36-19-41)32-11-10-25(39-32)13-24-7-6-22(37-24)12-23-8-9-26(38-23)14-33(21-4-5-21)29(42)31(2,3)27(15-32)40-33/h6-19,21,37,40H,4-5H2,1-3H3. The molecule has 42 heavy (non-hydrogen) atoms. The van der Waals surface area contributed by atoms with Gasteiger partial charge in [0.1, 0.15) is 17.4 Å². The maximum Gasteiger partial charge on any atom is 0.234 e. The van der Waals surface area contributed by atoms with Crippen molar-refractivity contribution < 1.29 is 4.79 Å². The van der Waals surface area contributed by atoms with E-state index in [9.17, 15) is 4.79 Å². The topological polar surface area (TPSA) is 113 Å². The lowest BCUT2D eigenvalue weighted by Crippen LogP contribution is -2.47. The van der Waals surface area contributed by atoms with Crippen LogP contribution in [0, 0.1) is 18.3 Å². The average Bonchev–Trinajstić information content (AvgIpc) is 3.33. The Bertz CT molecular complexity index is 1980. The molecule has 1 aliphatic carbocycles. The van der Waals surface area contributed by atoms with Crippen molar-refractivity contribution in [1.82, 2.24) is 29.8 Å². The predicted octanol–water partition coefficient (Wildman–Crippen LogP) is 2.91. The molecule has 5 aliphatic rings. The molecule has 0 aromatic carbocycles. The van der Waals surface area contributed by atoms with Crippen molar-refractivity contribution in [3.05, 3.63) is 107 Å². The van der Waals surface area contributed by atoms with Crippen LogP contribution in [0.4, 0.5) is 0 Å². The molecule has 2 N–H and O–H groups in total. The molecule has 0 amide bonds. The summed E-state index contributed by atoms with van der Waals surface area (Å²) in [5.74, 6) is 0.897. The number of H-pyrrole nitrogens is 1. The van der Waals surface area contributed by atoms with Crippen molar-refractivity contribution in [2.75, 3.05) is 0 Å². The number of hydrogen-bond acceptors (Lipinski definition) is 7. The van der Waals surface area contributed by atoms with Crippen LogP contribution in [0.1, 0.15) is 37.9 Å². The Morgan fingerprint density at radius 3 is 2.48 bits per heavy atom. The first kappa shape index (κ1) is 24.8. The largest absolute Gasteiger partial charge is 0.372 e. The normalized spacial score (nSPS) is 27.1. The molecule has 0 radical (unpaired) electrons. The van der Waals surface area contributed by atoms with Crippen molar-refractivity contribution in [1.29, 1.82) is 0 Å². The third kappa shape index (κ3) is 3.83. The van der Waals surface area contributed by atoms with Crippen LogP contribution in [0.25, 0.3) is 18.1 Å². The van der Waals surface area contributed by atoms with E-state index in [1.807, 2.05) is 75.6 Å². The summed E-state index contributed by atoms with van der Waals surface area (Å²) in [6.45, 7) is 5.96. The van der Waals surface area contributed by atoms with E-state index in [0.29, 0.717) is 11.6 Å². The molecule has 8 bridgehead atoms. The van der Waals surface area contributed by atoms with Crippen LogP contribution in [0.5, 0.6) is 0 Å². The number of carbonyl (C=O) groups is 1. The van der Waals surface area contributed by atoms with E-state index < -0.39 is 16.5 Å². The lowest BCUT2D eigenvalue weighted by atomic mass is 9.77. The van der Waals surface area contributed by atoms with Crippen LogP contribution in [0.2, 0.25) is 0 Å². The Labute approximate surface area is 242 Å². The number of aromatic amines is 1. The lowest BCUT2D eigenvalue weighted by Gasteiger charge is -2.26. The summed E-state index contributed by atoms with van der Waals surface area (Å²) >= 11 is 0. The number of aliphatic imine (C=N–C) groups is 2. The molecule has 2 unspecified atom stereocenters. The number of hydrogen-bond donors (Lipinski definition) is 2. The van der Waals surface area contributed by atoms with Gasteiger partial charge in [0.2, 0.25) is 5.95 Å². The molecular formula is C33H30N8O. The number of Topliss-reactive ketones (excluding diaryl/α,β-unsaturated/α-hetero) is 1. The average molecular weight is 555 g/mol. The quantitative estimate of drug-likeness (QED) is 0.517. The Kier molecular flexibility index (Phi) is 5.05. The first-order valence-electron chi connectivity index (χ1n) is 14.3. The lowest BCUT2D eigenvalue weighted by molar-refractivity contribution is -0.127. The third-order valence-corrected chi connectivity index (χ3v) is 8.75. The number of aryl methyl sites for hydroxylation is 1. The second-order valence-electron chi connectivity index (χ2n) is 12.3. The van der Waals surface area contributed by atoms with Crippen LogP contribution >= 0.6 is 0 Å². The van der Waals surface area contributed by atoms with Gasteiger partial charge in [0, 0.05) is 35.0 Å². The van der Waals surface area contributed by atoms with Gasteiger partial charge in [0.05, 0.1) is 28.2 Å². The molecule has 2 fully saturated rings. The van der Waals surface area contributed by atoms with Gasteiger partial charge >= 0.3 is 0 Å². The Balaban J connectivity index is 1.35. The molecule has 8 rings (SSSR count). The number of ketones is 1. The summed E-state index contributed by atoms with van der Waals surface area (Å²) < 4.78 is 1.80. The molecule has 9 nitrogen and oxygen atoms in total. The van der Waals surface area contributed by atoms with Crippen molar-refractivity contribution >= 4 is 29.4 Å². The van der Waals surface area contributed by atoms with Gasteiger partial charge in [0.15, 0.2) is 5.78 Å². The van der Waals surface area contributed by atoms with Gasteiger partial charge in [-0.2, -0.15) is 0 Å². The van der Waals surface area contributed by atoms with Gasteiger partial charge in [0.25, 0.3) is 0 Å². The maximum absolute atomic E-state index is 14.4. The minimum Gasteiger partial charge on any atom is -0.372 e. The highest BCUT2D eigenvalue weighted by Gasteiger charge is 2.60. The summed E-state index contributed by atoms with van der Waals surface area (Å²) in [4.78, 5) is 41.6. The first-order valence-corrected chi connectivity index (χ1v) is 14.3. The Morgan fingerprint density at radius 1 is 0.952 bits per heavy atom. The molecule has 4 aliphatic heterocycles. The zero-order valence-electron chi connectivity index (χ0n) is 23.7. The second kappa shape index (κ2) is 8.55. The van der Waals surface area contributed by atoms with Crippen LogP contribution in [-0.2, 0) is 10.3 Å². The molecule has 7 heterocycles. The molecule has 208 valence electrons. The highest BCUT2D eigenvalue weighted by atomic mass is 16.1. The fraction of sp³-hybridized carbons (Fsp3) is 0.273. The van der Waals surface area contributed by atoms with Crippen molar-refractivity contribution in [3.8, 4) is 5.95 Å². The summed E-state index contributed by atoms with van der Waals surface area (Å²) in [5.41, 5.74) is 2.42. The third-order valence-electron chi connectivity index (χ3n) is 8.75. The van der Waals surface area contributed by atoms with Crippen LogP contribution in [-0.4, -0.2) is 47.2 Å². The number of nitrogens with one attached hydrogen (secondary N) is 2. The predicted molar refractivity (Wildman–Crippen MR) is 161 cm³/mol. The van der Waals surface area contributed by atoms with Crippen LogP contribution in [0.3, 0.4) is 0 Å². The molecule has 3 aromatic heterocycles. The van der Waals surface area contributed by atoms with Gasteiger partial charge in [-0.15, -0.1) is 0 Å². The number of nitrogens with zero attached hydrogens (tertiary/aromatic N) is 6. The van der Waals surface area contributed by atoms with Gasteiger partial charge in [-0.25, -0.2) is 19.9 Å². The zero-order chi connectivity index (χ0) is 28.7. The highest BCUT2D eigenvalue weighted by Crippen LogP contribution is 2.52. The van der Waals surface area contributed by atoms with Gasteiger partial charge < -0.3 is 10.3 Å². The van der Waals surface area contributed by atoms with Crippen molar-refractivity contribution in [3.63, 3.8) is 0 Å². The molecule has 1 saturated heterocycles. The number of rotatable bonds is 3. The number of allylic oxidation sites excluding steroid dienone is 4. The summed E-state index contributed by atoms with van der Waals surface area (Å²) in [6, 6.07) is 4.06. The molecule has 0 spiro atoms. The zero-order valence-corrected chi connectivity index (χ0v) is 23.7. The van der Waals surface area contributed by atoms with E-state index in [4.69, 9.17) is 15.0 Å². The molecule has 9 heteroatoms. The summed E-state index contributed by atoms with van der Waals surface area (Å²) in [5, 5.41) is 5.61. The molecular weight excluding hydrogens is 524 g/mol. The van der Waals surface area contributed by atoms with E-state index in [1.54, 1.807) is 23.3 Å². The first-order chi connectivity index (χ1) is 20.2. The van der Waals surface area contributed by atoms with Gasteiger partial charge in [-0.1, -0.05) is 0 Å². The number of imidazole rings is 1. The fourth-order valence-corrected chi connectivity index (χ4v) is 6.30. The van der Waals surface area contributed by atoms with Crippen LogP contribution in [0.15, 0.2) is 94.9 Å². The van der Waals surface area contributed by atoms with E-state index in [0.717, 1.165) is 51.9 Å². The fourth-order valence-electron chi connectivity index (χ4n) is 6.30. The van der Waals surface area contributed by atoms with Gasteiger partial charge in [-0.05, 0) is 106 Å². The monoisotopic (exact) mass is 554 g/mol. The van der Waals surface area contributed by atoms with E-state index in [-0.39, 0.29) is 11.7 Å². The summed E-state index contributed by atoms with van der Waals surface area (Å²) in [7, 11) is 0. The Hall–Kier alpha value is -4.92. The van der Waals surface area contributed by atoms with Crippen LogP contribution < -0.4 is 16.0 Å². The Morgan fingerprint density at radius 2 is 1.71 bits per heavy atom. The number of carbonyl (C=O) groups excluding carboxylic acids is 1. The minimum atomic E-state index is -0.939. The summed E-state index contributed by atoms with van der Waals surface area (Å²) in [6.07, 6.45) is 25.4. The SMILES string of the molecule is Cc1cnc(-n2cnc(C34C=CC(=N3)C=c3ccc([nH]3)=CC3=NC(=CC5(C6CC6)NC(=C4)C(C)(C)C5=O)C=C3)c2)nc1. The van der Waals surface area contributed by atoms with E-state index in [1.165, 1.54) is 0 Å². The number of fused-ring (bicyclic) bond motifs is 6. The van der Waals surface area contributed by atoms with Crippen molar-refractivity contribution in [2.45, 2.75) is 44.7 Å². The molecule has 1 saturated carbocycles. The van der Waals surface area contributed by atoms with Gasteiger partial charge in [-0.3, -0.25) is 14.4 Å². The minimum absolute atomic E-state index is 0.154. The van der Waals surface area contributed by atoms with E-state index >= 15 is 0 Å². The maximum atomic E-state index is 14.4. The number of aromatic nitrogens is 5. The van der Waals surface area contributed by atoms with Crippen molar-refractivity contribution in [2.24, 2.45) is 21.3 Å². The molecule has 3 aromatic rings.